The highest BCUT2D eigenvalue weighted by Crippen LogP contribution is 2.21. The molecule has 0 radical (unpaired) electrons. The number of fused-ring (bicyclic) bond motifs is 1. The lowest BCUT2D eigenvalue weighted by Gasteiger charge is -2.07. The van der Waals surface area contributed by atoms with Gasteiger partial charge in [0.1, 0.15) is 0 Å². The van der Waals surface area contributed by atoms with Crippen molar-refractivity contribution in [2.75, 3.05) is 6.54 Å². The average molecular weight is 389 g/mol. The number of hydrogen-bond acceptors (Lipinski definition) is 6. The predicted molar refractivity (Wildman–Crippen MR) is 86.1 cm³/mol. The maximum Gasteiger partial charge on any atom is 0.314 e. The summed E-state index contributed by atoms with van der Waals surface area (Å²) < 4.78 is 0. The number of nitro benzene ring substituents is 1. The third-order valence-electron chi connectivity index (χ3n) is 2.94. The van der Waals surface area contributed by atoms with Crippen LogP contribution in [0.5, 0.6) is 0 Å². The molecule has 0 fully saturated rings. The molecule has 0 saturated carbocycles. The molecule has 0 saturated heterocycles. The van der Waals surface area contributed by atoms with E-state index in [1.165, 1.54) is 6.07 Å². The van der Waals surface area contributed by atoms with Crippen molar-refractivity contribution in [1.82, 2.24) is 15.3 Å². The molecule has 0 spiro atoms. The topological polar surface area (TPSA) is 158 Å². The van der Waals surface area contributed by atoms with Crippen molar-refractivity contribution in [1.29, 1.82) is 0 Å². The van der Waals surface area contributed by atoms with E-state index < -0.39 is 22.0 Å². The number of halogens is 1. The van der Waals surface area contributed by atoms with Gasteiger partial charge in [0.15, 0.2) is 0 Å². The number of benzene rings is 1. The number of nitro groups is 1. The fourth-order valence-electron chi connectivity index (χ4n) is 1.94. The molecule has 10 nitrogen and oxygen atoms in total. The van der Waals surface area contributed by atoms with E-state index in [4.69, 9.17) is 5.11 Å². The van der Waals surface area contributed by atoms with E-state index in [1.54, 1.807) is 0 Å². The maximum atomic E-state index is 11.4. The standard InChI is InChI=1S/C12H12N4O6.BrH/c17-9(18)1-2-13-5-6-3-7(16(21)22)4-8-10(6)15-12(20)11(19)14-8;/h3-4,13H,1-2,5H2,(H,14,19)(H,15,20)(H,17,18);1H. The summed E-state index contributed by atoms with van der Waals surface area (Å²) in [7, 11) is 0. The highest BCUT2D eigenvalue weighted by Gasteiger charge is 2.13. The molecule has 23 heavy (non-hydrogen) atoms. The van der Waals surface area contributed by atoms with Crippen molar-refractivity contribution >= 4 is 39.7 Å². The highest BCUT2D eigenvalue weighted by molar-refractivity contribution is 8.93. The molecule has 0 bridgehead atoms. The van der Waals surface area contributed by atoms with Crippen LogP contribution in [0.15, 0.2) is 21.7 Å². The molecule has 0 aliphatic heterocycles. The number of nitrogens with zero attached hydrogens (tertiary/aromatic N) is 1. The number of rotatable bonds is 6. The van der Waals surface area contributed by atoms with Crippen LogP contribution < -0.4 is 16.4 Å². The van der Waals surface area contributed by atoms with Crippen LogP contribution in [0.3, 0.4) is 0 Å². The highest BCUT2D eigenvalue weighted by atomic mass is 79.9. The van der Waals surface area contributed by atoms with Gasteiger partial charge in [-0.15, -0.1) is 17.0 Å². The van der Waals surface area contributed by atoms with Crippen LogP contribution in [0, 0.1) is 10.1 Å². The van der Waals surface area contributed by atoms with E-state index >= 15 is 0 Å². The first-order valence-electron chi connectivity index (χ1n) is 6.24. The summed E-state index contributed by atoms with van der Waals surface area (Å²) in [5, 5.41) is 22.3. The van der Waals surface area contributed by atoms with Gasteiger partial charge in [-0.1, -0.05) is 0 Å². The van der Waals surface area contributed by atoms with Crippen molar-refractivity contribution in [3.8, 4) is 0 Å². The molecule has 1 heterocycles. The van der Waals surface area contributed by atoms with Crippen LogP contribution in [0.4, 0.5) is 5.69 Å². The Hall–Kier alpha value is -2.53. The van der Waals surface area contributed by atoms with Crippen LogP contribution in [0.1, 0.15) is 12.0 Å². The zero-order valence-electron chi connectivity index (χ0n) is 11.6. The Labute approximate surface area is 138 Å². The van der Waals surface area contributed by atoms with Gasteiger partial charge >= 0.3 is 17.1 Å². The van der Waals surface area contributed by atoms with Crippen molar-refractivity contribution in [2.45, 2.75) is 13.0 Å². The van der Waals surface area contributed by atoms with Gasteiger partial charge in [-0.3, -0.25) is 24.5 Å². The molecule has 1 aromatic heterocycles. The number of carboxylic acids is 1. The predicted octanol–water partition coefficient (Wildman–Crippen LogP) is 0.267. The van der Waals surface area contributed by atoms with Crippen molar-refractivity contribution in [2.24, 2.45) is 0 Å². The summed E-state index contributed by atoms with van der Waals surface area (Å²) in [6, 6.07) is 2.40. The van der Waals surface area contributed by atoms with Gasteiger partial charge in [0, 0.05) is 25.2 Å². The molecular formula is C12H13BrN4O6. The zero-order chi connectivity index (χ0) is 16.3. The van der Waals surface area contributed by atoms with Crippen molar-refractivity contribution < 1.29 is 14.8 Å². The maximum absolute atomic E-state index is 11.4. The number of carbonyl (C=O) groups is 1. The fraction of sp³-hybridized carbons (Fsp3) is 0.250. The average Bonchev–Trinajstić information content (AvgIpc) is 2.44. The monoisotopic (exact) mass is 388 g/mol. The van der Waals surface area contributed by atoms with Crippen LogP contribution in [0.2, 0.25) is 0 Å². The number of hydrogen-bond donors (Lipinski definition) is 4. The molecule has 0 aliphatic rings. The number of non-ortho nitro benzene ring substituents is 1. The second kappa shape index (κ2) is 7.65. The number of aromatic amines is 2. The Morgan fingerprint density at radius 3 is 2.52 bits per heavy atom. The largest absolute Gasteiger partial charge is 0.481 e. The minimum Gasteiger partial charge on any atom is -0.481 e. The van der Waals surface area contributed by atoms with Crippen LogP contribution in [-0.2, 0) is 11.3 Å². The summed E-state index contributed by atoms with van der Waals surface area (Å²) in [5.74, 6) is -0.978. The Kier molecular flexibility index (Phi) is 6.16. The summed E-state index contributed by atoms with van der Waals surface area (Å²) in [5.41, 5.74) is -1.24. The summed E-state index contributed by atoms with van der Waals surface area (Å²) in [6.45, 7) is 0.264. The third kappa shape index (κ3) is 4.47. The van der Waals surface area contributed by atoms with E-state index in [2.05, 4.69) is 15.3 Å². The first-order chi connectivity index (χ1) is 10.4. The van der Waals surface area contributed by atoms with Gasteiger partial charge in [-0.25, -0.2) is 0 Å². The lowest BCUT2D eigenvalue weighted by atomic mass is 10.1. The number of H-pyrrole nitrogens is 2. The number of aromatic nitrogens is 2. The second-order valence-electron chi connectivity index (χ2n) is 4.51. The molecule has 4 N–H and O–H groups in total. The molecule has 0 atom stereocenters. The molecule has 0 aliphatic carbocycles. The van der Waals surface area contributed by atoms with E-state index in [-0.39, 0.29) is 53.2 Å². The molecule has 124 valence electrons. The molecule has 11 heteroatoms. The normalized spacial score (nSPS) is 10.3. The number of carboxylic acid groups (broad SMARTS) is 1. The molecule has 2 rings (SSSR count). The van der Waals surface area contributed by atoms with Crippen LogP contribution in [0.25, 0.3) is 11.0 Å². The van der Waals surface area contributed by atoms with E-state index in [0.717, 1.165) is 6.07 Å². The minimum atomic E-state index is -0.978. The SMILES string of the molecule is Br.O=C(O)CCNCc1cc([N+](=O)[O-])cc2[nH]c(=O)c(=O)[nH]c12. The van der Waals surface area contributed by atoms with Crippen LogP contribution in [-0.4, -0.2) is 32.5 Å². The molecule has 2 aromatic rings. The van der Waals surface area contributed by atoms with Gasteiger partial charge in [-0.2, -0.15) is 0 Å². The van der Waals surface area contributed by atoms with Crippen molar-refractivity contribution in [3.05, 3.63) is 48.5 Å². The fourth-order valence-corrected chi connectivity index (χ4v) is 1.94. The van der Waals surface area contributed by atoms with Gasteiger partial charge in [0.05, 0.1) is 22.4 Å². The Bertz CT molecular complexity index is 859. The van der Waals surface area contributed by atoms with E-state index in [1.807, 2.05) is 0 Å². The van der Waals surface area contributed by atoms with E-state index in [0.29, 0.717) is 5.56 Å². The Morgan fingerprint density at radius 2 is 1.91 bits per heavy atom. The number of aliphatic carboxylic acids is 1. The van der Waals surface area contributed by atoms with Gasteiger partial charge < -0.3 is 20.4 Å². The molecule has 0 amide bonds. The van der Waals surface area contributed by atoms with Crippen molar-refractivity contribution in [3.63, 3.8) is 0 Å². The zero-order valence-corrected chi connectivity index (χ0v) is 13.3. The third-order valence-corrected chi connectivity index (χ3v) is 2.94. The minimum absolute atomic E-state index is 0. The van der Waals surface area contributed by atoms with Gasteiger partial charge in [0.2, 0.25) is 0 Å². The molecule has 1 aromatic carbocycles. The van der Waals surface area contributed by atoms with Gasteiger partial charge in [-0.05, 0) is 5.56 Å². The Morgan fingerprint density at radius 1 is 1.26 bits per heavy atom. The Balaban J connectivity index is 0.00000264. The van der Waals surface area contributed by atoms with Crippen LogP contribution >= 0.6 is 17.0 Å². The number of nitrogens with one attached hydrogen (secondary N) is 3. The lowest BCUT2D eigenvalue weighted by molar-refractivity contribution is -0.384. The summed E-state index contributed by atoms with van der Waals surface area (Å²) in [4.78, 5) is 48.1. The second-order valence-corrected chi connectivity index (χ2v) is 4.51. The smallest absolute Gasteiger partial charge is 0.314 e. The first kappa shape index (κ1) is 18.5. The summed E-state index contributed by atoms with van der Waals surface area (Å²) >= 11 is 0. The quantitative estimate of drug-likeness (QED) is 0.239. The molecule has 0 unspecified atom stereocenters. The molecular weight excluding hydrogens is 376 g/mol. The summed E-state index contributed by atoms with van der Waals surface area (Å²) in [6.07, 6.45) is -0.111. The lowest BCUT2D eigenvalue weighted by Crippen LogP contribution is -2.29. The van der Waals surface area contributed by atoms with Gasteiger partial charge in [0.25, 0.3) is 5.69 Å². The first-order valence-corrected chi connectivity index (χ1v) is 6.24. The van der Waals surface area contributed by atoms with E-state index in [9.17, 15) is 24.5 Å².